The topological polar surface area (TPSA) is 337 Å². The number of rotatable bonds is 18. The number of anilines is 9. The van der Waals surface area contributed by atoms with Crippen LogP contribution < -0.4 is 53.2 Å². The highest BCUT2D eigenvalue weighted by Gasteiger charge is 2.25. The largest absolute Gasteiger partial charge is 0.369 e. The molecule has 0 atom stereocenters. The van der Waals surface area contributed by atoms with Gasteiger partial charge in [0.15, 0.2) is 0 Å². The average Bonchev–Trinajstić information content (AvgIpc) is 1.65. The van der Waals surface area contributed by atoms with Gasteiger partial charge < -0.3 is 76.7 Å². The summed E-state index contributed by atoms with van der Waals surface area (Å²) in [5.41, 5.74) is 30.3. The molecule has 3 fully saturated rings. The molecule has 0 radical (unpaired) electrons. The van der Waals surface area contributed by atoms with E-state index in [1.807, 2.05) is 108 Å². The van der Waals surface area contributed by atoms with Gasteiger partial charge >= 0.3 is 0 Å². The van der Waals surface area contributed by atoms with Crippen LogP contribution in [0, 0.1) is 20.8 Å². The number of carbonyl (C=O) groups is 6. The summed E-state index contributed by atoms with van der Waals surface area (Å²) >= 11 is 4.71. The predicted molar refractivity (Wildman–Crippen MR) is 443 cm³/mol. The van der Waals surface area contributed by atoms with E-state index in [1.165, 1.54) is 23.4 Å². The Morgan fingerprint density at radius 3 is 1.01 bits per heavy atom. The Hall–Kier alpha value is -13.6. The van der Waals surface area contributed by atoms with E-state index in [4.69, 9.17) is 30.2 Å². The standard InChI is InChI=1S/2C27H27N7O2.C24H25N7O.C3H3ClO.CH3F.CH4/c2*1-3-25(35)33-14-12-32(13-15-33)22-9-8-19(16-18(22)2)30-27-29-11-10-24(31-27)34-17-21(26(28)36)20-6-4-5-7-23(20)34;1-16-14-17(6-7-20(16)30-12-10-26-11-13-30)28-24-27-9-8-22(29-24)31-15-19(23(25)32)18-4-2-3-5-21(18)31;1-2-3(4)5;1-2;/h2*3-11,16-17H,1,12-15H2,2H3,(H2,28,36)(H,29,30,31);2-9,14-15,26H,10-13H2,1H3,(H2,25,32)(H,27,28,29);2H,1H2;1H3;1H4/i;;;;1D;. The highest BCUT2D eigenvalue weighted by Crippen LogP contribution is 2.33. The lowest BCUT2D eigenvalue weighted by molar-refractivity contribution is -0.127. The molecule has 0 saturated carbocycles. The summed E-state index contributed by atoms with van der Waals surface area (Å²) in [6.45, 7) is 26.3. The smallest absolute Gasteiger partial charge is 0.250 e. The SMILES string of the molecule is C.C=CC(=O)Cl.C=CC(=O)N1CCN(c2ccc(Nc3nccc(-n4cc(C(N)=O)c5ccccc54)n3)cc2C)CC1.C=CC(=O)N1CCN(c2ccc(Nc3nccc(-n4cc(C(N)=O)c5ccccc54)n3)cc2C)CC1.Cc1cc(Nc2nccc(-n3cc(C(N)=O)c4ccccc43)n2)ccc1N1CCNCC1.[2H]CF. The van der Waals surface area contributed by atoms with Gasteiger partial charge in [-0.05, 0) is 158 Å². The zero-order chi connectivity index (χ0) is 79.5. The van der Waals surface area contributed by atoms with Crippen LogP contribution >= 0.6 is 11.6 Å². The number of aromatic nitrogens is 9. The molecule has 9 heterocycles. The number of piperazine rings is 3. The Balaban J connectivity index is 0.000000171. The van der Waals surface area contributed by atoms with E-state index in [0.717, 1.165) is 131 Å². The molecule has 0 unspecified atom stereocenters. The Labute approximate surface area is 654 Å². The van der Waals surface area contributed by atoms with Gasteiger partial charge in [-0.1, -0.05) is 81.8 Å². The minimum absolute atomic E-state index is 0. The Bertz CT molecular complexity index is 5250. The number of hydrogen-bond acceptors (Lipinski definition) is 19. The molecule has 12 aromatic rings. The van der Waals surface area contributed by atoms with Gasteiger partial charge in [0, 0.05) is 166 Å². The summed E-state index contributed by atoms with van der Waals surface area (Å²) in [5, 5.41) is 15.1. The van der Waals surface area contributed by atoms with Crippen LogP contribution in [-0.4, -0.2) is 174 Å². The third-order valence-electron chi connectivity index (χ3n) is 18.8. The Morgan fingerprint density at radius 1 is 0.455 bits per heavy atom. The van der Waals surface area contributed by atoms with Crippen LogP contribution in [-0.2, 0) is 14.4 Å². The summed E-state index contributed by atoms with van der Waals surface area (Å²) in [6, 6.07) is 46.7. The molecule has 10 N–H and O–H groups in total. The summed E-state index contributed by atoms with van der Waals surface area (Å²) in [6.07, 6.45) is 14.0. The van der Waals surface area contributed by atoms with Gasteiger partial charge in [0.05, 0.1) is 41.8 Å². The van der Waals surface area contributed by atoms with E-state index < -0.39 is 30.1 Å². The number of benzene rings is 6. The first-order valence-corrected chi connectivity index (χ1v) is 35.8. The number of fused-ring (bicyclic) bond motifs is 3. The fourth-order valence-electron chi connectivity index (χ4n) is 13.5. The molecule has 576 valence electrons. The molecule has 5 amide bonds. The van der Waals surface area contributed by atoms with Gasteiger partial charge in [-0.25, -0.2) is 15.0 Å². The van der Waals surface area contributed by atoms with E-state index >= 15 is 0 Å². The van der Waals surface area contributed by atoms with Gasteiger partial charge in [-0.3, -0.25) is 33.2 Å². The Morgan fingerprint density at radius 2 is 0.741 bits per heavy atom. The summed E-state index contributed by atoms with van der Waals surface area (Å²) in [4.78, 5) is 107. The molecular weight excluding hydrogens is 1440 g/mol. The molecule has 3 aliphatic rings. The van der Waals surface area contributed by atoms with Crippen molar-refractivity contribution < 1.29 is 34.5 Å². The third-order valence-corrected chi connectivity index (χ3v) is 18.9. The first kappa shape index (κ1) is 79.4. The molecule has 3 aliphatic heterocycles. The van der Waals surface area contributed by atoms with Crippen LogP contribution in [0.25, 0.3) is 50.2 Å². The van der Waals surface area contributed by atoms with Gasteiger partial charge in [0.1, 0.15) is 17.5 Å². The van der Waals surface area contributed by atoms with E-state index in [-0.39, 0.29) is 19.2 Å². The number of aryl methyl sites for hydroxylation is 3. The third kappa shape index (κ3) is 19.1. The van der Waals surface area contributed by atoms with Crippen molar-refractivity contribution in [3.8, 4) is 17.5 Å². The van der Waals surface area contributed by atoms with E-state index in [9.17, 15) is 33.2 Å². The normalized spacial score (nSPS) is 13.2. The van der Waals surface area contributed by atoms with Crippen LogP contribution in [0.3, 0.4) is 0 Å². The zero-order valence-corrected chi connectivity index (χ0v) is 62.3. The number of allylic oxidation sites excluding steroid dienone is 1. The van der Waals surface area contributed by atoms with Gasteiger partial charge in [0.25, 0.3) is 17.7 Å². The molecular formula is C83H89ClFN21O6. The number of nitrogens with two attached hydrogens (primary N) is 3. The molecule has 0 aliphatic carbocycles. The maximum atomic E-state index is 11.9. The molecule has 0 spiro atoms. The maximum absolute atomic E-state index is 11.9. The van der Waals surface area contributed by atoms with Gasteiger partial charge in [-0.15, -0.1) is 0 Å². The molecule has 15 rings (SSSR count). The van der Waals surface area contributed by atoms with Crippen LogP contribution in [0.15, 0.2) is 221 Å². The number of carbonyl (C=O) groups excluding carboxylic acids is 6. The van der Waals surface area contributed by atoms with Crippen LogP contribution in [0.1, 0.15) is 56.6 Å². The highest BCUT2D eigenvalue weighted by atomic mass is 35.5. The number of halogens is 2. The van der Waals surface area contributed by atoms with Crippen molar-refractivity contribution in [2.45, 2.75) is 28.2 Å². The molecule has 112 heavy (non-hydrogen) atoms. The van der Waals surface area contributed by atoms with Crippen molar-refractivity contribution in [1.82, 2.24) is 58.7 Å². The van der Waals surface area contributed by atoms with Crippen LogP contribution in [0.5, 0.6) is 0 Å². The van der Waals surface area contributed by atoms with Crippen molar-refractivity contribution >= 4 is 131 Å². The monoisotopic (exact) mass is 1530 g/mol. The lowest BCUT2D eigenvalue weighted by Gasteiger charge is -2.36. The molecule has 0 bridgehead atoms. The number of hydrogen-bond donors (Lipinski definition) is 7. The first-order chi connectivity index (χ1) is 54.2. The van der Waals surface area contributed by atoms with E-state index in [1.54, 1.807) is 55.4 Å². The highest BCUT2D eigenvalue weighted by molar-refractivity contribution is 6.66. The summed E-state index contributed by atoms with van der Waals surface area (Å²) < 4.78 is 21.0. The van der Waals surface area contributed by atoms with E-state index in [2.05, 4.69) is 149 Å². The molecule has 3 saturated heterocycles. The maximum Gasteiger partial charge on any atom is 0.250 e. The van der Waals surface area contributed by atoms with Crippen molar-refractivity contribution in [3.05, 3.63) is 254 Å². The van der Waals surface area contributed by atoms with Gasteiger partial charge in [-0.2, -0.15) is 15.0 Å². The zero-order valence-electron chi connectivity index (χ0n) is 62.6. The number of nitrogens with zero attached hydrogens (tertiary/aromatic N) is 14. The average molecular weight is 1530 g/mol. The lowest BCUT2D eigenvalue weighted by atomic mass is 10.1. The van der Waals surface area contributed by atoms with E-state index in [0.29, 0.717) is 78.2 Å². The molecule has 6 aromatic heterocycles. The number of amides is 5. The second-order valence-electron chi connectivity index (χ2n) is 25.8. The van der Waals surface area contributed by atoms with Crippen LogP contribution in [0.2, 0.25) is 0 Å². The molecule has 6 aromatic carbocycles. The number of para-hydroxylation sites is 3. The minimum Gasteiger partial charge on any atom is -0.369 e. The van der Waals surface area contributed by atoms with Crippen molar-refractivity contribution in [2.24, 2.45) is 17.2 Å². The Kier molecular flexibility index (Phi) is 26.6. The second kappa shape index (κ2) is 37.5. The number of alkyl halides is 1. The predicted octanol–water partition coefficient (Wildman–Crippen LogP) is 12.0. The van der Waals surface area contributed by atoms with Crippen molar-refractivity contribution in [1.29, 1.82) is 0 Å². The van der Waals surface area contributed by atoms with Crippen molar-refractivity contribution in [2.75, 3.05) is 116 Å². The van der Waals surface area contributed by atoms with Crippen molar-refractivity contribution in [3.63, 3.8) is 0 Å². The quantitative estimate of drug-likeness (QED) is 0.0310. The fraction of sp³-hybridized carbons (Fsp3) is 0.205. The fourth-order valence-corrected chi connectivity index (χ4v) is 13.5. The lowest BCUT2D eigenvalue weighted by Crippen LogP contribution is -2.48. The first-order valence-electron chi connectivity index (χ1n) is 36.2. The second-order valence-corrected chi connectivity index (χ2v) is 26.1. The summed E-state index contributed by atoms with van der Waals surface area (Å²) in [5.74, 6) is 1.78. The summed E-state index contributed by atoms with van der Waals surface area (Å²) in [7, 11) is -1.00. The number of primary amides is 3. The number of nitrogens with one attached hydrogen (secondary N) is 4. The minimum atomic E-state index is -1.00. The molecule has 29 heteroatoms. The van der Waals surface area contributed by atoms with Gasteiger partial charge in [0.2, 0.25) is 34.9 Å². The van der Waals surface area contributed by atoms with Crippen LogP contribution in [0.4, 0.5) is 56.4 Å². The molecule has 27 nitrogen and oxygen atoms in total.